The van der Waals surface area contributed by atoms with Crippen LogP contribution in [0.4, 0.5) is 4.39 Å². The van der Waals surface area contributed by atoms with Crippen LogP contribution in [0.5, 0.6) is 0 Å². The molecule has 0 aliphatic carbocycles. The van der Waals surface area contributed by atoms with Gasteiger partial charge < -0.3 is 5.73 Å². The maximum Gasteiger partial charge on any atom is 0.123 e. The van der Waals surface area contributed by atoms with E-state index < -0.39 is 0 Å². The van der Waals surface area contributed by atoms with Crippen molar-refractivity contribution < 1.29 is 4.39 Å². The number of nitrogens with two attached hydrogens (primary N) is 1. The van der Waals surface area contributed by atoms with E-state index in [1.54, 1.807) is 6.07 Å². The summed E-state index contributed by atoms with van der Waals surface area (Å²) in [7, 11) is 1.93. The van der Waals surface area contributed by atoms with Crippen molar-refractivity contribution in [2.24, 2.45) is 12.8 Å². The summed E-state index contributed by atoms with van der Waals surface area (Å²) in [6.07, 6.45) is 1.38. The highest BCUT2D eigenvalue weighted by Gasteiger charge is 2.15. The Morgan fingerprint density at radius 3 is 2.65 bits per heavy atom. The van der Waals surface area contributed by atoms with Crippen LogP contribution < -0.4 is 5.73 Å². The SMILES string of the molecule is Cc1nn(C)c(C)c1CC(N)Cc1cc(F)ccc1Br. The lowest BCUT2D eigenvalue weighted by Crippen LogP contribution is -2.26. The van der Waals surface area contributed by atoms with Gasteiger partial charge in [0, 0.05) is 23.3 Å². The van der Waals surface area contributed by atoms with E-state index in [9.17, 15) is 4.39 Å². The Bertz CT molecular complexity index is 622. The molecule has 2 aromatic rings. The predicted molar refractivity (Wildman–Crippen MR) is 82.2 cm³/mol. The summed E-state index contributed by atoms with van der Waals surface area (Å²) in [6, 6.07) is 4.63. The van der Waals surface area contributed by atoms with Crippen molar-refractivity contribution in [1.82, 2.24) is 9.78 Å². The van der Waals surface area contributed by atoms with Gasteiger partial charge in [-0.15, -0.1) is 0 Å². The van der Waals surface area contributed by atoms with Gasteiger partial charge in [-0.1, -0.05) is 15.9 Å². The lowest BCUT2D eigenvalue weighted by molar-refractivity contribution is 0.616. The van der Waals surface area contributed by atoms with E-state index in [4.69, 9.17) is 5.73 Å². The van der Waals surface area contributed by atoms with E-state index in [2.05, 4.69) is 21.0 Å². The number of hydrogen-bond acceptors (Lipinski definition) is 2. The van der Waals surface area contributed by atoms with Crippen molar-refractivity contribution in [2.45, 2.75) is 32.7 Å². The van der Waals surface area contributed by atoms with Crippen molar-refractivity contribution in [1.29, 1.82) is 0 Å². The molecule has 1 atom stereocenters. The highest BCUT2D eigenvalue weighted by molar-refractivity contribution is 9.10. The van der Waals surface area contributed by atoms with E-state index in [1.807, 2.05) is 25.6 Å². The third-order valence-corrected chi connectivity index (χ3v) is 4.39. The number of benzene rings is 1. The molecular weight excluding hydrogens is 321 g/mol. The number of aryl methyl sites for hydroxylation is 2. The Labute approximate surface area is 127 Å². The molecule has 1 unspecified atom stereocenters. The van der Waals surface area contributed by atoms with Gasteiger partial charge in [-0.25, -0.2) is 4.39 Å². The fourth-order valence-corrected chi connectivity index (χ4v) is 2.84. The second kappa shape index (κ2) is 6.06. The lowest BCUT2D eigenvalue weighted by atomic mass is 9.98. The molecule has 0 bridgehead atoms. The van der Waals surface area contributed by atoms with Crippen LogP contribution in [0.25, 0.3) is 0 Å². The molecule has 0 amide bonds. The van der Waals surface area contributed by atoms with Gasteiger partial charge in [0.1, 0.15) is 5.82 Å². The normalized spacial score (nSPS) is 12.7. The van der Waals surface area contributed by atoms with Gasteiger partial charge in [0.05, 0.1) is 5.69 Å². The van der Waals surface area contributed by atoms with Crippen molar-refractivity contribution in [2.75, 3.05) is 0 Å². The van der Waals surface area contributed by atoms with Crippen LogP contribution in [0.1, 0.15) is 22.5 Å². The molecule has 0 aliphatic rings. The molecule has 1 aromatic heterocycles. The van der Waals surface area contributed by atoms with Gasteiger partial charge in [0.2, 0.25) is 0 Å². The van der Waals surface area contributed by atoms with Gasteiger partial charge in [-0.3, -0.25) is 4.68 Å². The zero-order chi connectivity index (χ0) is 14.9. The average Bonchev–Trinajstić information content (AvgIpc) is 2.61. The number of halogens is 2. The number of nitrogens with zero attached hydrogens (tertiary/aromatic N) is 2. The summed E-state index contributed by atoms with van der Waals surface area (Å²) in [6.45, 7) is 4.04. The molecule has 3 nitrogen and oxygen atoms in total. The Kier molecular flexibility index (Phi) is 4.60. The van der Waals surface area contributed by atoms with Crippen LogP contribution in [0, 0.1) is 19.7 Å². The molecule has 1 aromatic carbocycles. The minimum absolute atomic E-state index is 0.0605. The smallest absolute Gasteiger partial charge is 0.123 e. The Morgan fingerprint density at radius 1 is 1.35 bits per heavy atom. The fourth-order valence-electron chi connectivity index (χ4n) is 2.43. The van der Waals surface area contributed by atoms with Crippen LogP contribution >= 0.6 is 15.9 Å². The maximum atomic E-state index is 13.3. The summed E-state index contributed by atoms with van der Waals surface area (Å²) in [5.41, 5.74) is 10.5. The lowest BCUT2D eigenvalue weighted by Gasteiger charge is -2.13. The zero-order valence-electron chi connectivity index (χ0n) is 12.0. The maximum absolute atomic E-state index is 13.3. The minimum Gasteiger partial charge on any atom is -0.327 e. The van der Waals surface area contributed by atoms with Crippen molar-refractivity contribution in [3.63, 3.8) is 0 Å². The van der Waals surface area contributed by atoms with Crippen LogP contribution in [0.2, 0.25) is 0 Å². The molecule has 0 saturated carbocycles. The Morgan fingerprint density at radius 2 is 2.05 bits per heavy atom. The van der Waals surface area contributed by atoms with Crippen molar-refractivity contribution >= 4 is 15.9 Å². The monoisotopic (exact) mass is 339 g/mol. The molecule has 0 radical (unpaired) electrons. The van der Waals surface area contributed by atoms with E-state index in [1.165, 1.54) is 17.7 Å². The summed E-state index contributed by atoms with van der Waals surface area (Å²) >= 11 is 3.44. The summed E-state index contributed by atoms with van der Waals surface area (Å²) in [5.74, 6) is -0.232. The van der Waals surface area contributed by atoms with Crippen LogP contribution in [0.3, 0.4) is 0 Å². The summed E-state index contributed by atoms with van der Waals surface area (Å²) in [5, 5.41) is 4.39. The molecule has 2 N–H and O–H groups in total. The predicted octanol–water partition coefficient (Wildman–Crippen LogP) is 3.05. The molecule has 0 fully saturated rings. The minimum atomic E-state index is -0.232. The zero-order valence-corrected chi connectivity index (χ0v) is 13.5. The van der Waals surface area contributed by atoms with Crippen LogP contribution in [-0.2, 0) is 19.9 Å². The van der Waals surface area contributed by atoms with Gasteiger partial charge >= 0.3 is 0 Å². The standard InChI is InChI=1S/C15H19BrFN3/c1-9-14(10(2)20(3)19-9)8-13(18)7-11-6-12(17)4-5-15(11)16/h4-6,13H,7-8,18H2,1-3H3. The highest BCUT2D eigenvalue weighted by Crippen LogP contribution is 2.21. The molecule has 20 heavy (non-hydrogen) atoms. The summed E-state index contributed by atoms with van der Waals surface area (Å²) < 4.78 is 16.0. The topological polar surface area (TPSA) is 43.8 Å². The van der Waals surface area contributed by atoms with Crippen LogP contribution in [0.15, 0.2) is 22.7 Å². The largest absolute Gasteiger partial charge is 0.327 e. The third-order valence-electron chi connectivity index (χ3n) is 3.62. The third kappa shape index (κ3) is 3.27. The van der Waals surface area contributed by atoms with Gasteiger partial charge in [-0.05, 0) is 56.0 Å². The van der Waals surface area contributed by atoms with E-state index >= 15 is 0 Å². The quantitative estimate of drug-likeness (QED) is 0.930. The molecular formula is C15H19BrFN3. The van der Waals surface area contributed by atoms with Gasteiger partial charge in [0.25, 0.3) is 0 Å². The molecule has 0 saturated heterocycles. The second-order valence-corrected chi connectivity index (χ2v) is 6.03. The van der Waals surface area contributed by atoms with Gasteiger partial charge in [-0.2, -0.15) is 5.10 Å². The van der Waals surface area contributed by atoms with Crippen molar-refractivity contribution in [3.05, 3.63) is 51.0 Å². The summed E-state index contributed by atoms with van der Waals surface area (Å²) in [4.78, 5) is 0. The molecule has 5 heteroatoms. The average molecular weight is 340 g/mol. The highest BCUT2D eigenvalue weighted by atomic mass is 79.9. The van der Waals surface area contributed by atoms with Crippen LogP contribution in [-0.4, -0.2) is 15.8 Å². The first-order chi connectivity index (χ1) is 9.38. The van der Waals surface area contributed by atoms with E-state index in [-0.39, 0.29) is 11.9 Å². The number of aromatic nitrogens is 2. The van der Waals surface area contributed by atoms with Gasteiger partial charge in [0.15, 0.2) is 0 Å². The Hall–Kier alpha value is -1.20. The van der Waals surface area contributed by atoms with E-state index in [0.29, 0.717) is 6.42 Å². The molecule has 108 valence electrons. The second-order valence-electron chi connectivity index (χ2n) is 5.18. The fraction of sp³-hybridized carbons (Fsp3) is 0.400. The first kappa shape index (κ1) is 15.2. The molecule has 1 heterocycles. The first-order valence-corrected chi connectivity index (χ1v) is 7.36. The molecule has 0 aliphatic heterocycles. The number of rotatable bonds is 4. The first-order valence-electron chi connectivity index (χ1n) is 6.57. The number of hydrogen-bond donors (Lipinski definition) is 1. The molecule has 0 spiro atoms. The Balaban J connectivity index is 2.13. The molecule has 2 rings (SSSR count). The van der Waals surface area contributed by atoms with E-state index in [0.717, 1.165) is 27.8 Å². The van der Waals surface area contributed by atoms with Crippen molar-refractivity contribution in [3.8, 4) is 0 Å².